The highest BCUT2D eigenvalue weighted by molar-refractivity contribution is 7.80. The number of aromatic nitrogens is 6. The average molecular weight is 1500 g/mol. The van der Waals surface area contributed by atoms with E-state index in [0.717, 1.165) is 0 Å². The molecule has 12 amide bonds. The van der Waals surface area contributed by atoms with E-state index in [1.807, 2.05) is 0 Å². The van der Waals surface area contributed by atoms with E-state index in [9.17, 15) is 82.4 Å². The molecule has 4 aromatic heterocycles. The van der Waals surface area contributed by atoms with Crippen LogP contribution in [0.2, 0.25) is 0 Å². The number of benzene rings is 3. The van der Waals surface area contributed by atoms with E-state index in [1.165, 1.54) is 25.0 Å². The number of aliphatic hydroxyl groups excluding tert-OH is 1. The van der Waals surface area contributed by atoms with Crippen LogP contribution in [0.4, 0.5) is 0 Å². The number of hydrogen-bond acceptors (Lipinski definition) is 20. The van der Waals surface area contributed by atoms with Crippen LogP contribution in [0, 0.1) is 5.92 Å². The number of aliphatic hydroxyl groups is 1. The Kier molecular flexibility index (Phi) is 30.7. The van der Waals surface area contributed by atoms with E-state index in [4.69, 9.17) is 11.5 Å². The average Bonchev–Trinajstić information content (AvgIpc) is 1.65. The van der Waals surface area contributed by atoms with Crippen molar-refractivity contribution < 1.29 is 82.4 Å². The third-order valence-electron chi connectivity index (χ3n) is 17.0. The Hall–Kier alpha value is -11.6. The fraction of sp³-hybridized carbons (Fsp3) is 0.382. The van der Waals surface area contributed by atoms with Crippen molar-refractivity contribution in [2.45, 2.75) is 132 Å². The van der Waals surface area contributed by atoms with Gasteiger partial charge in [-0.1, -0.05) is 87.0 Å². The number of para-hydroxylation sites is 2. The van der Waals surface area contributed by atoms with E-state index in [2.05, 4.69) is 114 Å². The number of aliphatic carboxylic acids is 2. The monoisotopic (exact) mass is 1500 g/mol. The summed E-state index contributed by atoms with van der Waals surface area (Å²) in [6.45, 7) is 1.47. The summed E-state index contributed by atoms with van der Waals surface area (Å²) in [5.74, 6) is -16.2. The fourth-order valence-electron chi connectivity index (χ4n) is 11.1. The summed E-state index contributed by atoms with van der Waals surface area (Å²) in [5.41, 5.74) is 14.6. The highest BCUT2D eigenvalue weighted by atomic mass is 32.1. The zero-order chi connectivity index (χ0) is 77.1. The number of carboxylic acids is 2. The molecule has 38 heteroatoms. The Balaban J connectivity index is 1.06. The standard InChI is InChI=1S/C68H85N19O17S2/c1-3-34(2)57(67(102)83-47(62(97)84-50(68(103)104)23-56(91)92)19-37-25-74-44-16-10-8-14-41(37)44)87-66(101)53(31-106)86-64(99)51(29-88)85-60(95)45(17-35-11-5-4-6-12-35)80-63(98)49(21-39-27-72-33-77-39)82-61(96)46(18-36-24-73-43-15-9-7-13-40(36)43)81-65(100)52(30-105)78-55(90)28-75-59(94)48(20-38-26-71-32-76-38)79-58(93)42(69)22-54(70)89/h4-16,24-27,32-34,42,45-53,57,73-74,88,105-106H,3,17-23,28-31,69H2,1-2H3,(H2,70,89)(H,71,76)(H,72,77)(H,75,94)(H,78,90)(H,79,93)(H,80,98)(H,81,100)(H,82,96)(H,83,102)(H,84,97)(H,85,95)(H,86,99)(H,87,101)(H,91,92)(H,103,104)/t34-,42-,45-,46-,47-,48-,49-,50-,51-,52-,53-,57-/m0/s1. The van der Waals surface area contributed by atoms with Crippen LogP contribution in [-0.2, 0) is 99.2 Å². The molecule has 3 aromatic carbocycles. The zero-order valence-corrected chi connectivity index (χ0v) is 59.2. The Labute approximate surface area is 616 Å². The summed E-state index contributed by atoms with van der Waals surface area (Å²) >= 11 is 8.58. The van der Waals surface area contributed by atoms with E-state index in [0.29, 0.717) is 49.9 Å². The molecule has 0 aliphatic rings. The molecular weight excluding hydrogens is 1420 g/mol. The smallest absolute Gasteiger partial charge is 0.326 e. The van der Waals surface area contributed by atoms with Crippen molar-refractivity contribution in [1.29, 1.82) is 0 Å². The van der Waals surface area contributed by atoms with E-state index < -0.39 is 187 Å². The quantitative estimate of drug-likeness (QED) is 0.0163. The Morgan fingerprint density at radius 1 is 0.472 bits per heavy atom. The summed E-state index contributed by atoms with van der Waals surface area (Å²) in [6.07, 6.45) is 6.12. The van der Waals surface area contributed by atoms with Crippen molar-refractivity contribution in [3.63, 3.8) is 0 Å². The number of nitrogens with two attached hydrogens (primary N) is 2. The minimum absolute atomic E-state index is 0.158. The SMILES string of the molecule is CC[C@H](C)[C@H](NC(=O)[C@H](CS)NC(=O)[C@H](CO)NC(=O)[C@H](Cc1ccccc1)NC(=O)[C@H](Cc1cnc[nH]1)NC(=O)[C@H](Cc1c[nH]c2ccccc12)NC(=O)[C@H](CS)NC(=O)CNC(=O)[C@H](Cc1cnc[nH]1)NC(=O)[C@@H](N)CC(N)=O)C(=O)N[C@@H](Cc1c[nH]c2ccccc12)C(=O)N[C@@H](CC(=O)O)C(=O)O. The molecule has 0 bridgehead atoms. The second kappa shape index (κ2) is 39.9. The van der Waals surface area contributed by atoms with Gasteiger partial charge in [-0.15, -0.1) is 0 Å². The molecule has 0 fully saturated rings. The van der Waals surface area contributed by atoms with Crippen LogP contribution in [0.5, 0.6) is 0 Å². The van der Waals surface area contributed by atoms with Gasteiger partial charge in [0.2, 0.25) is 70.9 Å². The first-order valence-corrected chi connectivity index (χ1v) is 34.7. The molecule has 0 aliphatic heterocycles. The molecule has 0 unspecified atom stereocenters. The predicted octanol–water partition coefficient (Wildman–Crippen LogP) is -3.77. The number of thiol groups is 2. The second-order valence-electron chi connectivity index (χ2n) is 24.8. The number of fused-ring (bicyclic) bond motifs is 2. The minimum atomic E-state index is -1.89. The van der Waals surface area contributed by atoms with Gasteiger partial charge in [0.25, 0.3) is 0 Å². The molecule has 7 rings (SSSR count). The normalized spacial score (nSPS) is 14.6. The van der Waals surface area contributed by atoms with Crippen molar-refractivity contribution in [1.82, 2.24) is 88.4 Å². The summed E-state index contributed by atoms with van der Waals surface area (Å²) in [6, 6.07) is 5.04. The number of carbonyl (C=O) groups is 14. The number of hydrogen-bond donors (Lipinski definition) is 22. The van der Waals surface area contributed by atoms with Gasteiger partial charge in [0, 0.05) is 102 Å². The van der Waals surface area contributed by atoms with Crippen LogP contribution in [-0.4, -0.2) is 219 Å². The number of amides is 12. The van der Waals surface area contributed by atoms with Gasteiger partial charge < -0.3 is 105 Å². The van der Waals surface area contributed by atoms with Crippen molar-refractivity contribution in [3.8, 4) is 0 Å². The van der Waals surface area contributed by atoms with Gasteiger partial charge in [-0.2, -0.15) is 25.3 Å². The molecule has 0 saturated heterocycles. The lowest BCUT2D eigenvalue weighted by atomic mass is 9.96. The van der Waals surface area contributed by atoms with Crippen molar-refractivity contribution in [2.75, 3.05) is 24.7 Å². The fourth-order valence-corrected chi connectivity index (χ4v) is 11.6. The molecule has 106 heavy (non-hydrogen) atoms. The van der Waals surface area contributed by atoms with Gasteiger partial charge in [0.15, 0.2) is 0 Å². The third-order valence-corrected chi connectivity index (χ3v) is 17.8. The van der Waals surface area contributed by atoms with E-state index >= 15 is 0 Å². The number of nitrogens with one attached hydrogen (secondary N) is 15. The lowest BCUT2D eigenvalue weighted by molar-refractivity contribution is -0.147. The van der Waals surface area contributed by atoms with Crippen LogP contribution < -0.4 is 70.0 Å². The first-order valence-electron chi connectivity index (χ1n) is 33.4. The lowest BCUT2D eigenvalue weighted by Gasteiger charge is -2.29. The maximum atomic E-state index is 14.9. The maximum absolute atomic E-state index is 14.9. The van der Waals surface area contributed by atoms with Crippen LogP contribution >= 0.6 is 25.3 Å². The van der Waals surface area contributed by atoms with Crippen LogP contribution in [0.1, 0.15) is 61.2 Å². The van der Waals surface area contributed by atoms with Crippen molar-refractivity contribution in [2.24, 2.45) is 17.4 Å². The molecule has 7 aromatic rings. The molecule has 566 valence electrons. The first kappa shape index (κ1) is 81.7. The number of nitrogens with zero attached hydrogens (tertiary/aromatic N) is 2. The number of imidazole rings is 2. The maximum Gasteiger partial charge on any atom is 0.326 e. The largest absolute Gasteiger partial charge is 0.481 e. The van der Waals surface area contributed by atoms with Gasteiger partial charge in [-0.25, -0.2) is 14.8 Å². The van der Waals surface area contributed by atoms with Gasteiger partial charge in [-0.05, 0) is 34.7 Å². The molecular formula is C68H85N19O17S2. The molecule has 0 aliphatic carbocycles. The number of carboxylic acid groups (broad SMARTS) is 2. The van der Waals surface area contributed by atoms with Crippen LogP contribution in [0.25, 0.3) is 21.8 Å². The van der Waals surface area contributed by atoms with Gasteiger partial charge in [0.1, 0.15) is 60.4 Å². The van der Waals surface area contributed by atoms with E-state index in [-0.39, 0.29) is 44.3 Å². The minimum Gasteiger partial charge on any atom is -0.481 e. The second-order valence-corrected chi connectivity index (χ2v) is 25.6. The molecule has 36 nitrogen and oxygen atoms in total. The van der Waals surface area contributed by atoms with Gasteiger partial charge in [-0.3, -0.25) is 62.3 Å². The lowest BCUT2D eigenvalue weighted by Crippen LogP contribution is -2.62. The number of rotatable bonds is 42. The van der Waals surface area contributed by atoms with Crippen molar-refractivity contribution in [3.05, 3.63) is 144 Å². The number of aromatic amines is 4. The first-order chi connectivity index (χ1) is 50.7. The summed E-state index contributed by atoms with van der Waals surface area (Å²) in [7, 11) is 0. The highest BCUT2D eigenvalue weighted by Crippen LogP contribution is 2.22. The molecule has 12 atom stereocenters. The van der Waals surface area contributed by atoms with Crippen molar-refractivity contribution >= 4 is 130 Å². The van der Waals surface area contributed by atoms with E-state index in [1.54, 1.807) is 105 Å². The topological polar surface area (TPSA) is 573 Å². The van der Waals surface area contributed by atoms with Gasteiger partial charge >= 0.3 is 11.9 Å². The van der Waals surface area contributed by atoms with Gasteiger partial charge in [0.05, 0.1) is 44.7 Å². The molecule has 0 radical (unpaired) electrons. The summed E-state index contributed by atoms with van der Waals surface area (Å²) in [4.78, 5) is 210. The Morgan fingerprint density at radius 3 is 1.36 bits per heavy atom. The predicted molar refractivity (Wildman–Crippen MR) is 387 cm³/mol. The summed E-state index contributed by atoms with van der Waals surface area (Å²) in [5, 5.41) is 58.7. The highest BCUT2D eigenvalue weighted by Gasteiger charge is 2.38. The van der Waals surface area contributed by atoms with Crippen LogP contribution in [0.3, 0.4) is 0 Å². The molecule has 0 saturated carbocycles. The Morgan fingerprint density at radius 2 is 0.887 bits per heavy atom. The molecule has 0 spiro atoms. The number of H-pyrrole nitrogens is 4. The molecule has 4 heterocycles. The molecule has 22 N–H and O–H groups in total. The third kappa shape index (κ3) is 24.0. The zero-order valence-electron chi connectivity index (χ0n) is 57.4. The number of primary amides is 1. The van der Waals surface area contributed by atoms with Crippen LogP contribution in [0.15, 0.2) is 116 Å². The summed E-state index contributed by atoms with van der Waals surface area (Å²) < 4.78 is 0. The Bertz CT molecular complexity index is 4230. The number of carbonyl (C=O) groups excluding carboxylic acids is 12.